The molecule has 9 heteroatoms. The number of nitrogens with zero attached hydrogens (tertiary/aromatic N) is 2. The van der Waals surface area contributed by atoms with Crippen LogP contribution in [-0.2, 0) is 9.53 Å². The summed E-state index contributed by atoms with van der Waals surface area (Å²) in [6.45, 7) is 1.87. The van der Waals surface area contributed by atoms with Crippen LogP contribution in [0.2, 0.25) is 0 Å². The second-order valence-corrected chi connectivity index (χ2v) is 9.42. The van der Waals surface area contributed by atoms with Crippen molar-refractivity contribution in [1.29, 1.82) is 5.26 Å². The lowest BCUT2D eigenvalue weighted by molar-refractivity contribution is -0.138. The summed E-state index contributed by atoms with van der Waals surface area (Å²) in [7, 11) is 0. The Morgan fingerprint density at radius 3 is 2.55 bits per heavy atom. The molecule has 0 aliphatic carbocycles. The Balaban J connectivity index is 2.02. The van der Waals surface area contributed by atoms with Gasteiger partial charge in [0.05, 0.1) is 24.3 Å². The average Bonchev–Trinajstić information content (AvgIpc) is 3.03. The van der Waals surface area contributed by atoms with Crippen molar-refractivity contribution in [2.45, 2.75) is 6.92 Å². The summed E-state index contributed by atoms with van der Waals surface area (Å²) in [5, 5.41) is 19.9. The summed E-state index contributed by atoms with van der Waals surface area (Å²) in [4.78, 5) is 17.5. The smallest absolute Gasteiger partial charge is 0.344 e. The van der Waals surface area contributed by atoms with Gasteiger partial charge < -0.3 is 14.6 Å². The van der Waals surface area contributed by atoms with Crippen LogP contribution in [0, 0.1) is 18.5 Å². The van der Waals surface area contributed by atoms with Gasteiger partial charge in [-0.2, -0.15) is 5.26 Å². The minimum Gasteiger partial charge on any atom is -0.506 e. The predicted octanol–water partition coefficient (Wildman–Crippen LogP) is 5.99. The SMILES string of the molecule is CCOC(=O)C1=C(O)/C(=C/c2cc(I)c(OCC#N)c(I)c2)SC1=Nc1ccccc1. The van der Waals surface area contributed by atoms with E-state index in [-0.39, 0.29) is 24.5 Å². The van der Waals surface area contributed by atoms with Crippen LogP contribution in [0.4, 0.5) is 5.69 Å². The number of aliphatic hydroxyl groups is 1. The third-order valence-corrected chi connectivity index (χ3v) is 6.58. The number of hydrogen-bond donors (Lipinski definition) is 1. The van der Waals surface area contributed by atoms with Gasteiger partial charge in [-0.15, -0.1) is 0 Å². The molecule has 0 aromatic heterocycles. The topological polar surface area (TPSA) is 91.9 Å². The fourth-order valence-electron chi connectivity index (χ4n) is 2.67. The zero-order valence-electron chi connectivity index (χ0n) is 16.3. The van der Waals surface area contributed by atoms with Gasteiger partial charge in [-0.05, 0) is 88.0 Å². The van der Waals surface area contributed by atoms with Crippen LogP contribution in [0.1, 0.15) is 12.5 Å². The molecule has 1 aliphatic rings. The number of rotatable bonds is 6. The Morgan fingerprint density at radius 2 is 1.94 bits per heavy atom. The molecule has 0 fully saturated rings. The molecular formula is C22H16I2N2O4S. The van der Waals surface area contributed by atoms with Crippen LogP contribution >= 0.6 is 56.9 Å². The fourth-order valence-corrected chi connectivity index (χ4v) is 5.83. The number of carbonyl (C=O) groups is 1. The molecule has 2 aromatic rings. The number of carbonyl (C=O) groups excluding carboxylic acids is 1. The van der Waals surface area contributed by atoms with E-state index >= 15 is 0 Å². The van der Waals surface area contributed by atoms with Gasteiger partial charge in [-0.25, -0.2) is 9.79 Å². The molecule has 0 radical (unpaired) electrons. The molecule has 0 saturated heterocycles. The normalized spacial score (nSPS) is 15.9. The Kier molecular flexibility index (Phi) is 8.39. The molecule has 158 valence electrons. The lowest BCUT2D eigenvalue weighted by Crippen LogP contribution is -2.12. The van der Waals surface area contributed by atoms with Gasteiger partial charge in [0.1, 0.15) is 28.2 Å². The number of thioether (sulfide) groups is 1. The van der Waals surface area contributed by atoms with Crippen LogP contribution < -0.4 is 4.74 Å². The van der Waals surface area contributed by atoms with Crippen molar-refractivity contribution in [2.75, 3.05) is 13.2 Å². The molecular weight excluding hydrogens is 642 g/mol. The summed E-state index contributed by atoms with van der Waals surface area (Å²) >= 11 is 5.49. The maximum Gasteiger partial charge on any atom is 0.344 e. The third-order valence-electron chi connectivity index (χ3n) is 3.96. The van der Waals surface area contributed by atoms with Crippen molar-refractivity contribution in [3.8, 4) is 11.8 Å². The molecule has 3 rings (SSSR count). The predicted molar refractivity (Wildman–Crippen MR) is 138 cm³/mol. The maximum atomic E-state index is 12.5. The molecule has 31 heavy (non-hydrogen) atoms. The minimum atomic E-state index is -0.616. The van der Waals surface area contributed by atoms with E-state index in [2.05, 4.69) is 50.2 Å². The van der Waals surface area contributed by atoms with Crippen molar-refractivity contribution in [3.05, 3.63) is 71.4 Å². The van der Waals surface area contributed by atoms with Gasteiger partial charge in [0.2, 0.25) is 0 Å². The number of nitriles is 1. The number of esters is 1. The second kappa shape index (κ2) is 11.0. The summed E-state index contributed by atoms with van der Waals surface area (Å²) in [6.07, 6.45) is 1.78. The van der Waals surface area contributed by atoms with E-state index in [4.69, 9.17) is 14.7 Å². The van der Waals surface area contributed by atoms with Gasteiger partial charge in [0.25, 0.3) is 0 Å². The van der Waals surface area contributed by atoms with E-state index in [0.29, 0.717) is 21.4 Å². The fraction of sp³-hybridized carbons (Fsp3) is 0.136. The summed E-state index contributed by atoms with van der Waals surface area (Å²) in [5.74, 6) is -0.134. The highest BCUT2D eigenvalue weighted by Crippen LogP contribution is 2.41. The lowest BCUT2D eigenvalue weighted by Gasteiger charge is -2.09. The molecule has 0 atom stereocenters. The molecule has 0 amide bonds. The Morgan fingerprint density at radius 1 is 1.26 bits per heavy atom. The molecule has 1 heterocycles. The molecule has 6 nitrogen and oxygen atoms in total. The molecule has 0 saturated carbocycles. The maximum absolute atomic E-state index is 12.5. The second-order valence-electron chi connectivity index (χ2n) is 6.07. The first-order valence-electron chi connectivity index (χ1n) is 9.07. The summed E-state index contributed by atoms with van der Waals surface area (Å²) in [6, 6.07) is 14.9. The molecule has 2 aromatic carbocycles. The molecule has 1 aliphatic heterocycles. The molecule has 1 N–H and O–H groups in total. The van der Waals surface area contributed by atoms with Gasteiger partial charge >= 0.3 is 5.97 Å². The first-order chi connectivity index (χ1) is 14.9. The Hall–Kier alpha value is -2.04. The highest BCUT2D eigenvalue weighted by atomic mass is 127. The highest BCUT2D eigenvalue weighted by molar-refractivity contribution is 14.1. The van der Waals surface area contributed by atoms with E-state index in [0.717, 1.165) is 12.7 Å². The summed E-state index contributed by atoms with van der Waals surface area (Å²) in [5.41, 5.74) is 1.54. The quantitative estimate of drug-likeness (QED) is 0.303. The third kappa shape index (κ3) is 5.81. The van der Waals surface area contributed by atoms with Crippen LogP contribution in [0.25, 0.3) is 6.08 Å². The lowest BCUT2D eigenvalue weighted by atomic mass is 10.1. The summed E-state index contributed by atoms with van der Waals surface area (Å²) < 4.78 is 12.3. The van der Waals surface area contributed by atoms with Crippen LogP contribution in [-0.4, -0.2) is 29.3 Å². The van der Waals surface area contributed by atoms with Crippen molar-refractivity contribution in [3.63, 3.8) is 0 Å². The van der Waals surface area contributed by atoms with Crippen molar-refractivity contribution < 1.29 is 19.4 Å². The number of hydrogen-bond acceptors (Lipinski definition) is 7. The van der Waals surface area contributed by atoms with E-state index in [1.54, 1.807) is 13.0 Å². The van der Waals surface area contributed by atoms with Crippen molar-refractivity contribution in [2.24, 2.45) is 4.99 Å². The number of halogens is 2. The highest BCUT2D eigenvalue weighted by Gasteiger charge is 2.33. The van der Waals surface area contributed by atoms with E-state index < -0.39 is 5.97 Å². The van der Waals surface area contributed by atoms with Gasteiger partial charge in [0, 0.05) is 0 Å². The van der Waals surface area contributed by atoms with Crippen molar-refractivity contribution >= 4 is 79.7 Å². The zero-order chi connectivity index (χ0) is 22.4. The van der Waals surface area contributed by atoms with Gasteiger partial charge in [0.15, 0.2) is 6.61 Å². The number of para-hydroxylation sites is 1. The Bertz CT molecular complexity index is 1110. The first-order valence-corrected chi connectivity index (χ1v) is 12.0. The number of aliphatic hydroxyl groups excluding tert-OH is 1. The minimum absolute atomic E-state index is 0.0337. The number of ether oxygens (including phenoxy) is 2. The number of aliphatic imine (C=N–C) groups is 1. The first kappa shape index (κ1) is 23.6. The zero-order valence-corrected chi connectivity index (χ0v) is 21.4. The van der Waals surface area contributed by atoms with E-state index in [9.17, 15) is 9.90 Å². The van der Waals surface area contributed by atoms with E-state index in [1.165, 1.54) is 11.8 Å². The van der Waals surface area contributed by atoms with E-state index in [1.807, 2.05) is 48.5 Å². The van der Waals surface area contributed by atoms with Crippen LogP contribution in [0.15, 0.2) is 63.7 Å². The van der Waals surface area contributed by atoms with Crippen molar-refractivity contribution in [1.82, 2.24) is 0 Å². The molecule has 0 bridgehead atoms. The number of benzene rings is 2. The van der Waals surface area contributed by atoms with Crippen LogP contribution in [0.3, 0.4) is 0 Å². The van der Waals surface area contributed by atoms with Crippen LogP contribution in [0.5, 0.6) is 5.75 Å². The largest absolute Gasteiger partial charge is 0.506 e. The monoisotopic (exact) mass is 658 g/mol. The standard InChI is InChI=1S/C22H16I2N2O4S/c1-2-29-22(28)18-19(27)17(31-21(18)26-14-6-4-3-5-7-14)12-13-10-15(23)20(16(24)11-13)30-9-8-25/h3-7,10-12,27H,2,9H2,1H3/b17-12-,26-21?. The van der Waals surface area contributed by atoms with Gasteiger partial charge in [-0.1, -0.05) is 30.0 Å². The Labute approximate surface area is 211 Å². The molecule has 0 unspecified atom stereocenters. The van der Waals surface area contributed by atoms with Gasteiger partial charge in [-0.3, -0.25) is 0 Å². The average molecular weight is 658 g/mol. The molecule has 0 spiro atoms.